The zero-order valence-corrected chi connectivity index (χ0v) is 17.9. The number of anilines is 1. The second kappa shape index (κ2) is 9.73. The highest BCUT2D eigenvalue weighted by molar-refractivity contribution is 7.92. The molecule has 0 radical (unpaired) electrons. The number of rotatable bonds is 9. The predicted molar refractivity (Wildman–Crippen MR) is 115 cm³/mol. The third-order valence-corrected chi connectivity index (χ3v) is 5.95. The van der Waals surface area contributed by atoms with E-state index in [1.54, 1.807) is 0 Å². The van der Waals surface area contributed by atoms with Gasteiger partial charge in [-0.15, -0.1) is 0 Å². The number of carbonyl (C=O) groups excluding carboxylic acids is 1. The molecule has 0 heterocycles. The van der Waals surface area contributed by atoms with Gasteiger partial charge in [-0.25, -0.2) is 8.42 Å². The lowest BCUT2D eigenvalue weighted by Gasteiger charge is -2.24. The number of nitrogens with zero attached hydrogens (tertiary/aromatic N) is 1. The fraction of sp³-hybridized carbons (Fsp3) is 0.409. The molecular formula is C22H30N2O3S. The molecule has 1 N–H and O–H groups in total. The molecule has 0 saturated heterocycles. The van der Waals surface area contributed by atoms with Crippen molar-refractivity contribution in [1.82, 2.24) is 5.32 Å². The number of benzene rings is 2. The van der Waals surface area contributed by atoms with Crippen LogP contribution in [0.25, 0.3) is 0 Å². The molecular weight excluding hydrogens is 372 g/mol. The van der Waals surface area contributed by atoms with Gasteiger partial charge in [-0.1, -0.05) is 49.4 Å². The molecule has 1 unspecified atom stereocenters. The Bertz CT molecular complexity index is 895. The van der Waals surface area contributed by atoms with E-state index in [2.05, 4.69) is 12.2 Å². The molecule has 152 valence electrons. The number of amides is 1. The summed E-state index contributed by atoms with van der Waals surface area (Å²) in [6.45, 7) is 6.75. The van der Waals surface area contributed by atoms with Crippen LogP contribution < -0.4 is 9.62 Å². The summed E-state index contributed by atoms with van der Waals surface area (Å²) in [5.74, 6) is 0.171. The number of hydrogen-bond donors (Lipinski definition) is 1. The van der Waals surface area contributed by atoms with Crippen molar-refractivity contribution in [2.45, 2.75) is 39.5 Å². The SMILES string of the molecule is Cc1ccc(C)c(N(CCCC(=O)NCC(C)c2ccccc2)S(C)(=O)=O)c1. The van der Waals surface area contributed by atoms with Crippen molar-refractivity contribution in [2.75, 3.05) is 23.7 Å². The summed E-state index contributed by atoms with van der Waals surface area (Å²) in [6.07, 6.45) is 1.96. The van der Waals surface area contributed by atoms with Crippen molar-refractivity contribution in [3.63, 3.8) is 0 Å². The number of hydrogen-bond acceptors (Lipinski definition) is 3. The lowest BCUT2D eigenvalue weighted by atomic mass is 10.0. The number of carbonyl (C=O) groups is 1. The quantitative estimate of drug-likeness (QED) is 0.694. The Morgan fingerprint density at radius 1 is 1.11 bits per heavy atom. The van der Waals surface area contributed by atoms with Crippen molar-refractivity contribution in [3.05, 3.63) is 65.2 Å². The molecule has 28 heavy (non-hydrogen) atoms. The number of nitrogens with one attached hydrogen (secondary N) is 1. The van der Waals surface area contributed by atoms with Crippen molar-refractivity contribution < 1.29 is 13.2 Å². The average molecular weight is 403 g/mol. The second-order valence-corrected chi connectivity index (χ2v) is 9.25. The van der Waals surface area contributed by atoms with E-state index in [0.29, 0.717) is 25.1 Å². The minimum absolute atomic E-state index is 0.0582. The molecule has 2 aromatic carbocycles. The summed E-state index contributed by atoms with van der Waals surface area (Å²) in [7, 11) is -3.42. The van der Waals surface area contributed by atoms with Gasteiger partial charge in [0.15, 0.2) is 0 Å². The first kappa shape index (κ1) is 22.0. The first-order valence-corrected chi connectivity index (χ1v) is 11.4. The van der Waals surface area contributed by atoms with Crippen LogP contribution in [0.2, 0.25) is 0 Å². The van der Waals surface area contributed by atoms with Gasteiger partial charge in [0.1, 0.15) is 0 Å². The highest BCUT2D eigenvalue weighted by Gasteiger charge is 2.19. The third kappa shape index (κ3) is 6.37. The van der Waals surface area contributed by atoms with Crippen LogP contribution in [0, 0.1) is 13.8 Å². The first-order valence-electron chi connectivity index (χ1n) is 9.55. The molecule has 0 aromatic heterocycles. The molecule has 0 saturated carbocycles. The average Bonchev–Trinajstić information content (AvgIpc) is 2.65. The molecule has 0 aliphatic rings. The molecule has 2 aromatic rings. The summed E-state index contributed by atoms with van der Waals surface area (Å²) in [4.78, 5) is 12.2. The van der Waals surface area contributed by atoms with Gasteiger partial charge < -0.3 is 5.32 Å². The van der Waals surface area contributed by atoms with Crippen LogP contribution >= 0.6 is 0 Å². The van der Waals surface area contributed by atoms with Crippen molar-refractivity contribution in [2.24, 2.45) is 0 Å². The van der Waals surface area contributed by atoms with Crippen LogP contribution in [-0.4, -0.2) is 33.7 Å². The fourth-order valence-electron chi connectivity index (χ4n) is 3.09. The fourth-order valence-corrected chi connectivity index (χ4v) is 4.11. The van der Waals surface area contributed by atoms with Crippen LogP contribution in [0.4, 0.5) is 5.69 Å². The van der Waals surface area contributed by atoms with E-state index in [4.69, 9.17) is 0 Å². The van der Waals surface area contributed by atoms with E-state index < -0.39 is 10.0 Å². The van der Waals surface area contributed by atoms with Gasteiger partial charge in [-0.3, -0.25) is 9.10 Å². The van der Waals surface area contributed by atoms with Crippen molar-refractivity contribution >= 4 is 21.6 Å². The monoisotopic (exact) mass is 402 g/mol. The molecule has 2 rings (SSSR count). The van der Waals surface area contributed by atoms with Crippen LogP contribution in [0.3, 0.4) is 0 Å². The van der Waals surface area contributed by atoms with Gasteiger partial charge >= 0.3 is 0 Å². The van der Waals surface area contributed by atoms with E-state index in [0.717, 1.165) is 11.1 Å². The molecule has 6 heteroatoms. The van der Waals surface area contributed by atoms with Crippen molar-refractivity contribution in [1.29, 1.82) is 0 Å². The van der Waals surface area contributed by atoms with E-state index >= 15 is 0 Å². The molecule has 1 atom stereocenters. The lowest BCUT2D eigenvalue weighted by Crippen LogP contribution is -2.33. The Hall–Kier alpha value is -2.34. The Labute approximate surface area is 168 Å². The topological polar surface area (TPSA) is 66.5 Å². The Morgan fingerprint density at radius 3 is 2.43 bits per heavy atom. The Kier molecular flexibility index (Phi) is 7.63. The highest BCUT2D eigenvalue weighted by Crippen LogP contribution is 2.24. The minimum Gasteiger partial charge on any atom is -0.356 e. The molecule has 0 fully saturated rings. The molecule has 0 aliphatic carbocycles. The van der Waals surface area contributed by atoms with E-state index in [1.165, 1.54) is 16.1 Å². The summed E-state index contributed by atoms with van der Waals surface area (Å²) >= 11 is 0. The lowest BCUT2D eigenvalue weighted by molar-refractivity contribution is -0.121. The van der Waals surface area contributed by atoms with Gasteiger partial charge in [-0.05, 0) is 48.9 Å². The minimum atomic E-state index is -3.42. The van der Waals surface area contributed by atoms with E-state index in [-0.39, 0.29) is 18.4 Å². The predicted octanol–water partition coefficient (Wildman–Crippen LogP) is 3.77. The first-order chi connectivity index (χ1) is 13.2. The van der Waals surface area contributed by atoms with Gasteiger partial charge in [0, 0.05) is 19.5 Å². The molecule has 0 bridgehead atoms. The third-order valence-electron chi connectivity index (χ3n) is 4.77. The van der Waals surface area contributed by atoms with Crippen LogP contribution in [0.1, 0.15) is 42.4 Å². The molecule has 1 amide bonds. The summed E-state index contributed by atoms with van der Waals surface area (Å²) in [5, 5.41) is 2.95. The molecule has 5 nitrogen and oxygen atoms in total. The summed E-state index contributed by atoms with van der Waals surface area (Å²) in [5.41, 5.74) is 3.76. The highest BCUT2D eigenvalue weighted by atomic mass is 32.2. The smallest absolute Gasteiger partial charge is 0.232 e. The number of sulfonamides is 1. The second-order valence-electron chi connectivity index (χ2n) is 7.34. The van der Waals surface area contributed by atoms with Gasteiger partial charge in [0.25, 0.3) is 0 Å². The largest absolute Gasteiger partial charge is 0.356 e. The summed E-state index contributed by atoms with van der Waals surface area (Å²) < 4.78 is 25.9. The zero-order valence-electron chi connectivity index (χ0n) is 17.1. The molecule has 0 spiro atoms. The zero-order chi connectivity index (χ0) is 20.7. The van der Waals surface area contributed by atoms with Gasteiger partial charge in [0.2, 0.25) is 15.9 Å². The van der Waals surface area contributed by atoms with Gasteiger partial charge in [0.05, 0.1) is 11.9 Å². The van der Waals surface area contributed by atoms with E-state index in [9.17, 15) is 13.2 Å². The Morgan fingerprint density at radius 2 is 1.79 bits per heavy atom. The van der Waals surface area contributed by atoms with E-state index in [1.807, 2.05) is 62.4 Å². The molecule has 0 aliphatic heterocycles. The van der Waals surface area contributed by atoms with Crippen molar-refractivity contribution in [3.8, 4) is 0 Å². The van der Waals surface area contributed by atoms with Crippen LogP contribution in [-0.2, 0) is 14.8 Å². The normalized spacial score (nSPS) is 12.4. The van der Waals surface area contributed by atoms with Crippen LogP contribution in [0.5, 0.6) is 0 Å². The maximum Gasteiger partial charge on any atom is 0.232 e. The maximum absolute atomic E-state index is 12.3. The Balaban J connectivity index is 1.90. The van der Waals surface area contributed by atoms with Gasteiger partial charge in [-0.2, -0.15) is 0 Å². The van der Waals surface area contributed by atoms with Crippen LogP contribution in [0.15, 0.2) is 48.5 Å². The maximum atomic E-state index is 12.3. The summed E-state index contributed by atoms with van der Waals surface area (Å²) in [6, 6.07) is 15.8. The standard InChI is InChI=1S/C22H30N2O3S/c1-17-12-13-18(2)21(15-17)24(28(4,26)27)14-8-11-22(25)23-16-19(3)20-9-6-5-7-10-20/h5-7,9-10,12-13,15,19H,8,11,14,16H2,1-4H3,(H,23,25). The number of aryl methyl sites for hydroxylation is 2.